The first kappa shape index (κ1) is 14.6. The predicted octanol–water partition coefficient (Wildman–Crippen LogP) is 2.20. The Morgan fingerprint density at radius 1 is 1.50 bits per heavy atom. The Bertz CT molecular complexity index is 427. The Kier molecular flexibility index (Phi) is 5.17. The van der Waals surface area contributed by atoms with Gasteiger partial charge in [-0.25, -0.2) is 9.78 Å². The zero-order valence-electron chi connectivity index (χ0n) is 12.0. The maximum absolute atomic E-state index is 11.5. The molecule has 3 N–H and O–H groups in total. The number of nitrogens with one attached hydrogen (secondary N) is 3. The highest BCUT2D eigenvalue weighted by Crippen LogP contribution is 2.14. The predicted molar refractivity (Wildman–Crippen MR) is 79.0 cm³/mol. The van der Waals surface area contributed by atoms with Crippen molar-refractivity contribution in [2.75, 3.05) is 23.8 Å². The quantitative estimate of drug-likeness (QED) is 0.772. The molecule has 6 heteroatoms. The number of amides is 2. The van der Waals surface area contributed by atoms with E-state index in [1.54, 1.807) is 12.3 Å². The molecule has 6 nitrogen and oxygen atoms in total. The molecule has 0 spiro atoms. The molecule has 0 bridgehead atoms. The summed E-state index contributed by atoms with van der Waals surface area (Å²) in [6.07, 6.45) is 4.25. The molecule has 20 heavy (non-hydrogen) atoms. The van der Waals surface area contributed by atoms with Crippen LogP contribution in [0.15, 0.2) is 18.3 Å². The van der Waals surface area contributed by atoms with Gasteiger partial charge in [-0.1, -0.05) is 0 Å². The number of carbonyl (C=O) groups is 1. The first-order valence-electron chi connectivity index (χ1n) is 7.02. The van der Waals surface area contributed by atoms with Crippen molar-refractivity contribution in [1.82, 2.24) is 10.3 Å². The van der Waals surface area contributed by atoms with Crippen LogP contribution in [-0.2, 0) is 4.74 Å². The topological polar surface area (TPSA) is 75.3 Å². The van der Waals surface area contributed by atoms with Gasteiger partial charge in [0.05, 0.1) is 18.0 Å². The number of hydrogen-bond acceptors (Lipinski definition) is 4. The first-order chi connectivity index (χ1) is 9.63. The molecular weight excluding hydrogens is 256 g/mol. The fraction of sp³-hybridized carbons (Fsp3) is 0.571. The molecular formula is C14H22N4O2. The van der Waals surface area contributed by atoms with Crippen LogP contribution in [0.1, 0.15) is 26.7 Å². The van der Waals surface area contributed by atoms with Crippen LogP contribution >= 0.6 is 0 Å². The molecule has 1 atom stereocenters. The second-order valence-electron chi connectivity index (χ2n) is 5.20. The van der Waals surface area contributed by atoms with E-state index in [4.69, 9.17) is 4.74 Å². The lowest BCUT2D eigenvalue weighted by molar-refractivity contribution is 0.120. The Hall–Kier alpha value is -1.82. The third kappa shape index (κ3) is 4.70. The summed E-state index contributed by atoms with van der Waals surface area (Å²) in [6.45, 7) is 5.47. The number of hydrogen-bond donors (Lipinski definition) is 3. The zero-order valence-corrected chi connectivity index (χ0v) is 12.0. The maximum atomic E-state index is 11.5. The van der Waals surface area contributed by atoms with Crippen LogP contribution in [0, 0.1) is 0 Å². The third-order valence-corrected chi connectivity index (χ3v) is 2.98. The molecule has 0 radical (unpaired) electrons. The number of aromatic nitrogens is 1. The summed E-state index contributed by atoms with van der Waals surface area (Å²) in [6, 6.07) is 3.53. The minimum absolute atomic E-state index is 0.0994. The lowest BCUT2D eigenvalue weighted by Crippen LogP contribution is -2.34. The van der Waals surface area contributed by atoms with Crippen molar-refractivity contribution in [1.29, 1.82) is 0 Å². The smallest absolute Gasteiger partial charge is 0.320 e. The van der Waals surface area contributed by atoms with Gasteiger partial charge in [0, 0.05) is 19.2 Å². The summed E-state index contributed by atoms with van der Waals surface area (Å²) in [5.74, 6) is 0.533. The molecule has 0 saturated carbocycles. The fourth-order valence-electron chi connectivity index (χ4n) is 2.02. The zero-order chi connectivity index (χ0) is 14.4. The van der Waals surface area contributed by atoms with Gasteiger partial charge >= 0.3 is 6.03 Å². The largest absolute Gasteiger partial charge is 0.381 e. The highest BCUT2D eigenvalue weighted by Gasteiger charge is 2.14. The van der Waals surface area contributed by atoms with Gasteiger partial charge < -0.3 is 15.4 Å². The van der Waals surface area contributed by atoms with Crippen molar-refractivity contribution in [3.05, 3.63) is 18.3 Å². The van der Waals surface area contributed by atoms with Gasteiger partial charge in [-0.3, -0.25) is 5.32 Å². The average molecular weight is 278 g/mol. The Morgan fingerprint density at radius 2 is 2.35 bits per heavy atom. The highest BCUT2D eigenvalue weighted by molar-refractivity contribution is 5.88. The molecule has 1 saturated heterocycles. The van der Waals surface area contributed by atoms with E-state index in [0.717, 1.165) is 31.7 Å². The summed E-state index contributed by atoms with van der Waals surface area (Å²) in [4.78, 5) is 15.7. The van der Waals surface area contributed by atoms with Crippen molar-refractivity contribution in [2.45, 2.75) is 38.8 Å². The fourth-order valence-corrected chi connectivity index (χ4v) is 2.02. The Labute approximate surface area is 119 Å². The number of nitrogens with zero attached hydrogens (tertiary/aromatic N) is 1. The van der Waals surface area contributed by atoms with Crippen molar-refractivity contribution >= 4 is 17.5 Å². The molecule has 1 aromatic rings. The molecule has 2 rings (SSSR count). The van der Waals surface area contributed by atoms with Crippen LogP contribution in [0.3, 0.4) is 0 Å². The van der Waals surface area contributed by atoms with Gasteiger partial charge in [-0.05, 0) is 38.8 Å². The number of carbonyl (C=O) groups excluding carboxylic acids is 1. The molecule has 1 fully saturated rings. The molecule has 0 aliphatic carbocycles. The number of anilines is 2. The Balaban J connectivity index is 1.78. The lowest BCUT2D eigenvalue weighted by atomic mass is 10.2. The van der Waals surface area contributed by atoms with E-state index >= 15 is 0 Å². The highest BCUT2D eigenvalue weighted by atomic mass is 16.5. The molecule has 110 valence electrons. The van der Waals surface area contributed by atoms with E-state index in [-0.39, 0.29) is 12.1 Å². The second-order valence-corrected chi connectivity index (χ2v) is 5.20. The standard InChI is InChI=1S/C14H22N4O2/c1-10(2)17-14(19)18-13-6-5-11(8-16-13)15-9-12-4-3-7-20-12/h5-6,8,10,12,15H,3-4,7,9H2,1-2H3,(H2,16,17,18,19). The molecule has 2 heterocycles. The van der Waals surface area contributed by atoms with Gasteiger partial charge in [0.1, 0.15) is 5.82 Å². The van der Waals surface area contributed by atoms with Gasteiger partial charge in [0.25, 0.3) is 0 Å². The van der Waals surface area contributed by atoms with E-state index in [2.05, 4.69) is 20.9 Å². The van der Waals surface area contributed by atoms with Crippen molar-refractivity contribution in [3.8, 4) is 0 Å². The molecule has 1 aliphatic heterocycles. The summed E-state index contributed by atoms with van der Waals surface area (Å²) in [5, 5.41) is 8.71. The molecule has 2 amide bonds. The van der Waals surface area contributed by atoms with Crippen LogP contribution in [-0.4, -0.2) is 36.3 Å². The Morgan fingerprint density at radius 3 is 2.95 bits per heavy atom. The van der Waals surface area contributed by atoms with Gasteiger partial charge in [-0.2, -0.15) is 0 Å². The van der Waals surface area contributed by atoms with Crippen LogP contribution in [0.2, 0.25) is 0 Å². The maximum Gasteiger partial charge on any atom is 0.320 e. The first-order valence-corrected chi connectivity index (χ1v) is 7.02. The number of pyridine rings is 1. The van der Waals surface area contributed by atoms with E-state index < -0.39 is 0 Å². The van der Waals surface area contributed by atoms with E-state index in [1.807, 2.05) is 19.9 Å². The minimum Gasteiger partial charge on any atom is -0.381 e. The van der Waals surface area contributed by atoms with Gasteiger partial charge in [-0.15, -0.1) is 0 Å². The van der Waals surface area contributed by atoms with E-state index in [0.29, 0.717) is 11.9 Å². The second kappa shape index (κ2) is 7.09. The van der Waals surface area contributed by atoms with Crippen LogP contribution in [0.5, 0.6) is 0 Å². The molecule has 1 unspecified atom stereocenters. The summed E-state index contributed by atoms with van der Waals surface area (Å²) in [7, 11) is 0. The van der Waals surface area contributed by atoms with Gasteiger partial charge in [0.2, 0.25) is 0 Å². The van der Waals surface area contributed by atoms with Crippen LogP contribution in [0.25, 0.3) is 0 Å². The summed E-state index contributed by atoms with van der Waals surface area (Å²) in [5.41, 5.74) is 0.926. The van der Waals surface area contributed by atoms with E-state index in [9.17, 15) is 4.79 Å². The van der Waals surface area contributed by atoms with Crippen molar-refractivity contribution in [3.63, 3.8) is 0 Å². The number of urea groups is 1. The van der Waals surface area contributed by atoms with Crippen molar-refractivity contribution in [2.24, 2.45) is 0 Å². The average Bonchev–Trinajstić information content (AvgIpc) is 2.90. The third-order valence-electron chi connectivity index (χ3n) is 2.98. The monoisotopic (exact) mass is 278 g/mol. The summed E-state index contributed by atoms with van der Waals surface area (Å²) < 4.78 is 5.54. The minimum atomic E-state index is -0.243. The number of ether oxygens (including phenoxy) is 1. The van der Waals surface area contributed by atoms with E-state index in [1.165, 1.54) is 0 Å². The van der Waals surface area contributed by atoms with Crippen LogP contribution in [0.4, 0.5) is 16.3 Å². The normalized spacial score (nSPS) is 18.1. The summed E-state index contributed by atoms with van der Waals surface area (Å²) >= 11 is 0. The molecule has 1 aliphatic rings. The SMILES string of the molecule is CC(C)NC(=O)Nc1ccc(NCC2CCCO2)cn1. The number of rotatable bonds is 5. The lowest BCUT2D eigenvalue weighted by Gasteiger charge is -2.12. The molecule has 0 aromatic carbocycles. The van der Waals surface area contributed by atoms with Crippen LogP contribution < -0.4 is 16.0 Å². The molecule has 1 aromatic heterocycles. The van der Waals surface area contributed by atoms with Gasteiger partial charge in [0.15, 0.2) is 0 Å². The van der Waals surface area contributed by atoms with Crippen molar-refractivity contribution < 1.29 is 9.53 Å².